The summed E-state index contributed by atoms with van der Waals surface area (Å²) < 4.78 is 0. The smallest absolute Gasteiger partial charge is 0.160 e. The van der Waals surface area contributed by atoms with Crippen molar-refractivity contribution >= 4 is 0 Å². The Balaban J connectivity index is 2.27. The van der Waals surface area contributed by atoms with Crippen LogP contribution in [-0.4, -0.2) is 16.8 Å². The molecule has 0 bridgehead atoms. The van der Waals surface area contributed by atoms with E-state index < -0.39 is 0 Å². The molecule has 1 fully saturated rings. The second-order valence-corrected chi connectivity index (χ2v) is 3.55. The van der Waals surface area contributed by atoms with Crippen LogP contribution < -0.4 is 5.73 Å². The van der Waals surface area contributed by atoms with Crippen molar-refractivity contribution in [2.45, 2.75) is 12.3 Å². The van der Waals surface area contributed by atoms with Crippen LogP contribution in [-0.2, 0) is 0 Å². The van der Waals surface area contributed by atoms with Crippen molar-refractivity contribution in [3.63, 3.8) is 0 Å². The molecule has 0 radical (unpaired) electrons. The first-order chi connectivity index (χ1) is 6.24. The second-order valence-electron chi connectivity index (χ2n) is 3.55. The largest absolute Gasteiger partial charge is 0.504 e. The Bertz CT molecular complexity index is 325. The molecule has 0 aromatic heterocycles. The van der Waals surface area contributed by atoms with Gasteiger partial charge in [-0.05, 0) is 30.9 Å². The van der Waals surface area contributed by atoms with Crippen LogP contribution in [0.5, 0.6) is 11.5 Å². The van der Waals surface area contributed by atoms with E-state index in [9.17, 15) is 10.2 Å². The van der Waals surface area contributed by atoms with Crippen molar-refractivity contribution < 1.29 is 10.2 Å². The molecule has 2 rings (SSSR count). The minimum Gasteiger partial charge on any atom is -0.504 e. The Morgan fingerprint density at radius 2 is 2.15 bits per heavy atom. The summed E-state index contributed by atoms with van der Waals surface area (Å²) in [6.45, 7) is 0.653. The van der Waals surface area contributed by atoms with Crippen LogP contribution >= 0.6 is 0 Å². The van der Waals surface area contributed by atoms with Gasteiger partial charge in [-0.3, -0.25) is 0 Å². The van der Waals surface area contributed by atoms with Gasteiger partial charge in [0, 0.05) is 5.56 Å². The van der Waals surface area contributed by atoms with Crippen LogP contribution in [0.1, 0.15) is 17.9 Å². The molecule has 0 aliphatic heterocycles. The summed E-state index contributed by atoms with van der Waals surface area (Å²) in [6.07, 6.45) is 1.02. The third-order valence-corrected chi connectivity index (χ3v) is 2.67. The van der Waals surface area contributed by atoms with E-state index in [1.54, 1.807) is 6.07 Å². The van der Waals surface area contributed by atoms with Gasteiger partial charge in [-0.2, -0.15) is 0 Å². The summed E-state index contributed by atoms with van der Waals surface area (Å²) in [5.41, 5.74) is 6.33. The lowest BCUT2D eigenvalue weighted by Crippen LogP contribution is -2.01. The molecular weight excluding hydrogens is 166 g/mol. The lowest BCUT2D eigenvalue weighted by atomic mass is 10.1. The van der Waals surface area contributed by atoms with Gasteiger partial charge in [-0.15, -0.1) is 0 Å². The van der Waals surface area contributed by atoms with Crippen LogP contribution in [0.15, 0.2) is 18.2 Å². The van der Waals surface area contributed by atoms with Crippen molar-refractivity contribution in [3.05, 3.63) is 23.8 Å². The quantitative estimate of drug-likeness (QED) is 0.597. The van der Waals surface area contributed by atoms with E-state index in [0.29, 0.717) is 18.4 Å². The van der Waals surface area contributed by atoms with E-state index in [0.717, 1.165) is 12.0 Å². The zero-order chi connectivity index (χ0) is 9.42. The summed E-state index contributed by atoms with van der Waals surface area (Å²) in [6, 6.07) is 5.07. The summed E-state index contributed by atoms with van der Waals surface area (Å²) in [5, 5.41) is 18.8. The third kappa shape index (κ3) is 1.35. The van der Waals surface area contributed by atoms with E-state index in [1.807, 2.05) is 6.07 Å². The molecule has 2 atom stereocenters. The highest BCUT2D eigenvalue weighted by Gasteiger charge is 2.38. The number of rotatable bonds is 2. The Morgan fingerprint density at radius 1 is 1.38 bits per heavy atom. The lowest BCUT2D eigenvalue weighted by molar-refractivity contribution is 0.399. The van der Waals surface area contributed by atoms with E-state index in [1.165, 1.54) is 6.07 Å². The maximum Gasteiger partial charge on any atom is 0.160 e. The minimum absolute atomic E-state index is 0.0171. The average molecular weight is 179 g/mol. The van der Waals surface area contributed by atoms with Gasteiger partial charge in [0.15, 0.2) is 11.5 Å². The van der Waals surface area contributed by atoms with Crippen molar-refractivity contribution in [3.8, 4) is 11.5 Å². The fourth-order valence-corrected chi connectivity index (χ4v) is 1.74. The Labute approximate surface area is 76.8 Å². The molecule has 0 amide bonds. The molecule has 0 heterocycles. The molecule has 3 nitrogen and oxygen atoms in total. The molecule has 1 aromatic carbocycles. The molecule has 1 saturated carbocycles. The predicted molar refractivity (Wildman–Crippen MR) is 49.7 cm³/mol. The van der Waals surface area contributed by atoms with Crippen LogP contribution in [0.3, 0.4) is 0 Å². The predicted octanol–water partition coefficient (Wildman–Crippen LogP) is 1.16. The van der Waals surface area contributed by atoms with Gasteiger partial charge in [-0.25, -0.2) is 0 Å². The monoisotopic (exact) mass is 179 g/mol. The first kappa shape index (κ1) is 8.38. The summed E-state index contributed by atoms with van der Waals surface area (Å²) >= 11 is 0. The Kier molecular flexibility index (Phi) is 1.88. The number of aromatic hydroxyl groups is 2. The van der Waals surface area contributed by atoms with E-state index in [-0.39, 0.29) is 11.5 Å². The lowest BCUT2D eigenvalue weighted by Gasteiger charge is -2.04. The van der Waals surface area contributed by atoms with E-state index >= 15 is 0 Å². The van der Waals surface area contributed by atoms with Crippen LogP contribution in [0.25, 0.3) is 0 Å². The number of phenolic OH excluding ortho intramolecular Hbond substituents is 2. The van der Waals surface area contributed by atoms with Gasteiger partial charge < -0.3 is 15.9 Å². The molecule has 0 unspecified atom stereocenters. The number of nitrogens with two attached hydrogens (primary N) is 1. The molecule has 1 aromatic rings. The summed E-state index contributed by atoms with van der Waals surface area (Å²) in [4.78, 5) is 0. The minimum atomic E-state index is -0.0415. The molecule has 3 heteroatoms. The average Bonchev–Trinajstić information content (AvgIpc) is 2.89. The SMILES string of the molecule is NC[C@@H]1C[C@H]1c1cccc(O)c1O. The van der Waals surface area contributed by atoms with Gasteiger partial charge >= 0.3 is 0 Å². The highest BCUT2D eigenvalue weighted by molar-refractivity contribution is 5.48. The van der Waals surface area contributed by atoms with Crippen LogP contribution in [0.2, 0.25) is 0 Å². The Hall–Kier alpha value is -1.22. The number of para-hydroxylation sites is 1. The maximum absolute atomic E-state index is 9.53. The summed E-state index contributed by atoms with van der Waals surface area (Å²) in [7, 11) is 0. The van der Waals surface area contributed by atoms with Crippen LogP contribution in [0.4, 0.5) is 0 Å². The number of benzene rings is 1. The van der Waals surface area contributed by atoms with Gasteiger partial charge in [-0.1, -0.05) is 12.1 Å². The molecule has 0 spiro atoms. The molecule has 13 heavy (non-hydrogen) atoms. The van der Waals surface area contributed by atoms with Crippen LogP contribution in [0, 0.1) is 5.92 Å². The van der Waals surface area contributed by atoms with Crippen molar-refractivity contribution in [1.29, 1.82) is 0 Å². The number of phenols is 2. The zero-order valence-electron chi connectivity index (χ0n) is 7.27. The first-order valence-corrected chi connectivity index (χ1v) is 4.45. The zero-order valence-corrected chi connectivity index (χ0v) is 7.27. The highest BCUT2D eigenvalue weighted by atomic mass is 16.3. The van der Waals surface area contributed by atoms with Gasteiger partial charge in [0.05, 0.1) is 0 Å². The highest BCUT2D eigenvalue weighted by Crippen LogP contribution is 2.51. The fraction of sp³-hybridized carbons (Fsp3) is 0.400. The summed E-state index contributed by atoms with van der Waals surface area (Å²) in [5.74, 6) is 0.799. The molecule has 0 saturated heterocycles. The van der Waals surface area contributed by atoms with Gasteiger partial charge in [0.2, 0.25) is 0 Å². The maximum atomic E-state index is 9.53. The van der Waals surface area contributed by atoms with E-state index in [2.05, 4.69) is 0 Å². The molecule has 1 aliphatic rings. The molecule has 4 N–H and O–H groups in total. The fourth-order valence-electron chi connectivity index (χ4n) is 1.74. The molecular formula is C10H13NO2. The van der Waals surface area contributed by atoms with Gasteiger partial charge in [0.1, 0.15) is 0 Å². The van der Waals surface area contributed by atoms with Gasteiger partial charge in [0.25, 0.3) is 0 Å². The van der Waals surface area contributed by atoms with E-state index in [4.69, 9.17) is 5.73 Å². The normalized spacial score (nSPS) is 25.9. The molecule has 70 valence electrons. The second kappa shape index (κ2) is 2.92. The van der Waals surface area contributed by atoms with Crippen molar-refractivity contribution in [1.82, 2.24) is 0 Å². The Morgan fingerprint density at radius 3 is 2.77 bits per heavy atom. The third-order valence-electron chi connectivity index (χ3n) is 2.67. The molecule has 1 aliphatic carbocycles. The van der Waals surface area contributed by atoms with Crippen molar-refractivity contribution in [2.24, 2.45) is 11.7 Å². The standard InChI is InChI=1S/C10H13NO2/c11-5-6-4-8(6)7-2-1-3-9(12)10(7)13/h1-3,6,8,12-13H,4-5,11H2/t6-,8+/m0/s1. The topological polar surface area (TPSA) is 66.5 Å². The number of hydrogen-bond donors (Lipinski definition) is 3. The van der Waals surface area contributed by atoms with Crippen molar-refractivity contribution in [2.75, 3.05) is 6.54 Å². The first-order valence-electron chi connectivity index (χ1n) is 4.45. The number of hydrogen-bond acceptors (Lipinski definition) is 3.